The predicted molar refractivity (Wildman–Crippen MR) is 83.1 cm³/mol. The Labute approximate surface area is 116 Å². The molecular formula is C16H36N2. The van der Waals surface area contributed by atoms with E-state index in [2.05, 4.69) is 65.7 Å². The Morgan fingerprint density at radius 3 is 2.00 bits per heavy atom. The maximum Gasteiger partial charge on any atom is 0.00412 e. The van der Waals surface area contributed by atoms with Gasteiger partial charge in [0.1, 0.15) is 0 Å². The summed E-state index contributed by atoms with van der Waals surface area (Å²) in [7, 11) is 2.23. The molecule has 0 amide bonds. The van der Waals surface area contributed by atoms with E-state index in [0.717, 1.165) is 0 Å². The molecule has 18 heavy (non-hydrogen) atoms. The highest BCUT2D eigenvalue weighted by molar-refractivity contribution is 4.74. The van der Waals surface area contributed by atoms with E-state index in [-0.39, 0.29) is 0 Å². The number of rotatable bonds is 9. The minimum atomic E-state index is 0.454. The second-order valence-electron chi connectivity index (χ2n) is 7.25. The van der Waals surface area contributed by atoms with Crippen LogP contribution in [-0.4, -0.2) is 36.6 Å². The molecule has 1 unspecified atom stereocenters. The van der Waals surface area contributed by atoms with Crippen LogP contribution in [0.3, 0.4) is 0 Å². The first kappa shape index (κ1) is 17.9. The van der Waals surface area contributed by atoms with Gasteiger partial charge in [-0.2, -0.15) is 0 Å². The van der Waals surface area contributed by atoms with E-state index in [4.69, 9.17) is 0 Å². The summed E-state index contributed by atoms with van der Waals surface area (Å²) in [5.74, 6) is 0. The topological polar surface area (TPSA) is 15.3 Å². The van der Waals surface area contributed by atoms with Crippen molar-refractivity contribution in [3.63, 3.8) is 0 Å². The van der Waals surface area contributed by atoms with E-state index in [1.165, 1.54) is 25.8 Å². The van der Waals surface area contributed by atoms with Crippen molar-refractivity contribution in [3.8, 4) is 0 Å². The summed E-state index contributed by atoms with van der Waals surface area (Å²) in [6, 6.07) is 1.88. The zero-order valence-electron chi connectivity index (χ0n) is 14.0. The second kappa shape index (κ2) is 8.16. The second-order valence-corrected chi connectivity index (χ2v) is 7.25. The fourth-order valence-corrected chi connectivity index (χ4v) is 2.12. The molecule has 0 fully saturated rings. The molecule has 0 aliphatic heterocycles. The lowest BCUT2D eigenvalue weighted by atomic mass is 9.83. The minimum Gasteiger partial charge on any atom is -0.312 e. The molecule has 0 radical (unpaired) electrons. The average Bonchev–Trinajstić information content (AvgIpc) is 2.22. The molecular weight excluding hydrogens is 220 g/mol. The molecule has 0 spiro atoms. The highest BCUT2D eigenvalue weighted by Gasteiger charge is 2.20. The molecule has 0 heterocycles. The fraction of sp³-hybridized carbons (Fsp3) is 1.00. The third kappa shape index (κ3) is 8.93. The van der Waals surface area contributed by atoms with Crippen LogP contribution in [0.15, 0.2) is 0 Å². The van der Waals surface area contributed by atoms with Crippen LogP contribution in [0.25, 0.3) is 0 Å². The van der Waals surface area contributed by atoms with Gasteiger partial charge >= 0.3 is 0 Å². The molecule has 1 atom stereocenters. The Kier molecular flexibility index (Phi) is 8.13. The zero-order valence-corrected chi connectivity index (χ0v) is 14.0. The van der Waals surface area contributed by atoms with Gasteiger partial charge in [0.15, 0.2) is 0 Å². The highest BCUT2D eigenvalue weighted by atomic mass is 15.1. The maximum atomic E-state index is 3.59. The van der Waals surface area contributed by atoms with Gasteiger partial charge in [0, 0.05) is 18.1 Å². The van der Waals surface area contributed by atoms with Crippen molar-refractivity contribution < 1.29 is 0 Å². The van der Waals surface area contributed by atoms with Crippen LogP contribution in [0.1, 0.15) is 67.7 Å². The molecule has 0 aromatic rings. The predicted octanol–water partition coefficient (Wildman–Crippen LogP) is 3.91. The van der Waals surface area contributed by atoms with E-state index in [1.54, 1.807) is 0 Å². The smallest absolute Gasteiger partial charge is 0.00412 e. The van der Waals surface area contributed by atoms with E-state index in [0.29, 0.717) is 23.5 Å². The minimum absolute atomic E-state index is 0.454. The molecule has 0 aliphatic carbocycles. The van der Waals surface area contributed by atoms with Crippen molar-refractivity contribution in [2.24, 2.45) is 5.41 Å². The van der Waals surface area contributed by atoms with Crippen LogP contribution in [0.4, 0.5) is 0 Å². The van der Waals surface area contributed by atoms with Crippen LogP contribution in [0, 0.1) is 5.41 Å². The lowest BCUT2D eigenvalue weighted by Crippen LogP contribution is -2.34. The van der Waals surface area contributed by atoms with Crippen molar-refractivity contribution in [2.45, 2.75) is 85.9 Å². The Morgan fingerprint density at radius 1 is 1.00 bits per heavy atom. The Morgan fingerprint density at radius 2 is 1.56 bits per heavy atom. The van der Waals surface area contributed by atoms with Gasteiger partial charge in [0.2, 0.25) is 0 Å². The quantitative estimate of drug-likeness (QED) is 0.673. The molecule has 0 rings (SSSR count). The van der Waals surface area contributed by atoms with E-state index in [1.807, 2.05) is 0 Å². The van der Waals surface area contributed by atoms with Crippen LogP contribution >= 0.6 is 0 Å². The first-order valence-electron chi connectivity index (χ1n) is 7.60. The standard InChI is InChI=1S/C16H36N2/c1-13(2)17-15(5)9-10-16(6,7)11-12-18(8)14(3)4/h13-15,17H,9-12H2,1-8H3. The summed E-state index contributed by atoms with van der Waals surface area (Å²) < 4.78 is 0. The molecule has 1 N–H and O–H groups in total. The van der Waals surface area contributed by atoms with Crippen molar-refractivity contribution in [3.05, 3.63) is 0 Å². The summed E-state index contributed by atoms with van der Waals surface area (Å²) in [6.07, 6.45) is 3.87. The van der Waals surface area contributed by atoms with Crippen LogP contribution in [-0.2, 0) is 0 Å². The van der Waals surface area contributed by atoms with E-state index >= 15 is 0 Å². The molecule has 110 valence electrons. The van der Waals surface area contributed by atoms with Crippen LogP contribution in [0.2, 0.25) is 0 Å². The van der Waals surface area contributed by atoms with Gasteiger partial charge in [0.05, 0.1) is 0 Å². The fourth-order valence-electron chi connectivity index (χ4n) is 2.12. The first-order chi connectivity index (χ1) is 8.14. The summed E-state index contributed by atoms with van der Waals surface area (Å²) in [6.45, 7) is 17.3. The summed E-state index contributed by atoms with van der Waals surface area (Å²) in [4.78, 5) is 2.44. The highest BCUT2D eigenvalue weighted by Crippen LogP contribution is 2.27. The lowest BCUT2D eigenvalue weighted by molar-refractivity contribution is 0.201. The Hall–Kier alpha value is -0.0800. The Bertz CT molecular complexity index is 209. The average molecular weight is 256 g/mol. The first-order valence-corrected chi connectivity index (χ1v) is 7.60. The van der Waals surface area contributed by atoms with Gasteiger partial charge in [0.25, 0.3) is 0 Å². The van der Waals surface area contributed by atoms with Crippen molar-refractivity contribution in [2.75, 3.05) is 13.6 Å². The number of hydrogen-bond acceptors (Lipinski definition) is 2. The van der Waals surface area contributed by atoms with Gasteiger partial charge in [-0.1, -0.05) is 27.7 Å². The summed E-state index contributed by atoms with van der Waals surface area (Å²) in [5, 5.41) is 3.59. The molecule has 0 bridgehead atoms. The normalized spacial score (nSPS) is 14.8. The largest absolute Gasteiger partial charge is 0.312 e. The van der Waals surface area contributed by atoms with E-state index < -0.39 is 0 Å². The number of nitrogens with one attached hydrogen (secondary N) is 1. The summed E-state index contributed by atoms with van der Waals surface area (Å²) >= 11 is 0. The summed E-state index contributed by atoms with van der Waals surface area (Å²) in [5.41, 5.74) is 0.454. The van der Waals surface area contributed by atoms with Gasteiger partial charge in [-0.15, -0.1) is 0 Å². The van der Waals surface area contributed by atoms with Crippen LogP contribution in [0.5, 0.6) is 0 Å². The third-order valence-electron chi connectivity index (χ3n) is 3.89. The van der Waals surface area contributed by atoms with Crippen molar-refractivity contribution in [1.29, 1.82) is 0 Å². The molecule has 2 nitrogen and oxygen atoms in total. The Balaban J connectivity index is 3.92. The van der Waals surface area contributed by atoms with Crippen LogP contribution < -0.4 is 5.32 Å². The van der Waals surface area contributed by atoms with Gasteiger partial charge < -0.3 is 10.2 Å². The van der Waals surface area contributed by atoms with Gasteiger partial charge in [-0.25, -0.2) is 0 Å². The van der Waals surface area contributed by atoms with Gasteiger partial charge in [-0.05, 0) is 59.0 Å². The maximum absolute atomic E-state index is 3.59. The number of hydrogen-bond donors (Lipinski definition) is 1. The van der Waals surface area contributed by atoms with E-state index in [9.17, 15) is 0 Å². The molecule has 2 heteroatoms. The molecule has 0 saturated heterocycles. The van der Waals surface area contributed by atoms with Crippen molar-refractivity contribution in [1.82, 2.24) is 10.2 Å². The molecule has 0 aliphatic rings. The molecule has 0 aromatic carbocycles. The zero-order chi connectivity index (χ0) is 14.3. The third-order valence-corrected chi connectivity index (χ3v) is 3.89. The van der Waals surface area contributed by atoms with Crippen molar-refractivity contribution >= 4 is 0 Å². The lowest BCUT2D eigenvalue weighted by Gasteiger charge is -2.30. The molecule has 0 saturated carbocycles. The SMILES string of the molecule is CC(C)NC(C)CCC(C)(C)CCN(C)C(C)C. The van der Waals surface area contributed by atoms with Gasteiger partial charge in [-0.3, -0.25) is 0 Å². The molecule has 0 aromatic heterocycles. The number of nitrogens with zero attached hydrogens (tertiary/aromatic N) is 1. The monoisotopic (exact) mass is 256 g/mol.